The van der Waals surface area contributed by atoms with E-state index in [0.717, 1.165) is 28.8 Å². The van der Waals surface area contributed by atoms with Gasteiger partial charge in [0.2, 0.25) is 0 Å². The second-order valence-electron chi connectivity index (χ2n) is 5.09. The molecule has 0 saturated carbocycles. The van der Waals surface area contributed by atoms with Crippen LogP contribution in [0.5, 0.6) is 0 Å². The summed E-state index contributed by atoms with van der Waals surface area (Å²) in [5, 5.41) is 1.14. The molecule has 0 aromatic carbocycles. The van der Waals surface area contributed by atoms with Crippen molar-refractivity contribution >= 4 is 17.1 Å². The van der Waals surface area contributed by atoms with Crippen LogP contribution in [0.1, 0.15) is 5.69 Å². The van der Waals surface area contributed by atoms with Crippen molar-refractivity contribution in [1.29, 1.82) is 0 Å². The van der Waals surface area contributed by atoms with Crippen molar-refractivity contribution in [2.45, 2.75) is 0 Å². The second kappa shape index (κ2) is 7.30. The van der Waals surface area contributed by atoms with Gasteiger partial charge in [-0.05, 0) is 43.9 Å². The molecule has 0 amide bonds. The van der Waals surface area contributed by atoms with Crippen molar-refractivity contribution in [3.05, 3.63) is 49.1 Å². The lowest BCUT2D eigenvalue weighted by Gasteiger charge is -1.99. The van der Waals surface area contributed by atoms with Crippen LogP contribution in [0.3, 0.4) is 0 Å². The first kappa shape index (κ1) is 15.6. The maximum Gasteiger partial charge on any atom is 0.137 e. The summed E-state index contributed by atoms with van der Waals surface area (Å²) in [5.74, 6) is 2.49. The zero-order chi connectivity index (χ0) is 15.9. The Balaban J connectivity index is 0.000000254. The van der Waals surface area contributed by atoms with E-state index in [0.29, 0.717) is 0 Å². The highest BCUT2D eigenvalue weighted by atomic mass is 15.0. The molecule has 0 aliphatic rings. The first-order valence-electron chi connectivity index (χ1n) is 6.97. The Morgan fingerprint density at radius 1 is 1.36 bits per heavy atom. The SMILES string of the molecule is C#CCN(C)C.C=Cc1cc(-c2ccnc3[nH]ccc23)c[nH]1. The van der Waals surface area contributed by atoms with Gasteiger partial charge in [0.05, 0.1) is 6.54 Å². The lowest BCUT2D eigenvalue weighted by Crippen LogP contribution is -2.10. The molecule has 112 valence electrons. The molecule has 3 aromatic heterocycles. The van der Waals surface area contributed by atoms with Gasteiger partial charge in [-0.2, -0.15) is 0 Å². The van der Waals surface area contributed by atoms with Crippen LogP contribution >= 0.6 is 0 Å². The van der Waals surface area contributed by atoms with Crippen molar-refractivity contribution in [3.8, 4) is 23.5 Å². The molecule has 3 heterocycles. The third-order valence-electron chi connectivity index (χ3n) is 3.10. The minimum absolute atomic E-state index is 0.736. The molecular formula is C18H20N4. The van der Waals surface area contributed by atoms with Crippen molar-refractivity contribution < 1.29 is 0 Å². The zero-order valence-corrected chi connectivity index (χ0v) is 12.9. The number of nitrogens with zero attached hydrogens (tertiary/aromatic N) is 2. The number of hydrogen-bond acceptors (Lipinski definition) is 2. The van der Waals surface area contributed by atoms with Gasteiger partial charge in [0, 0.05) is 35.2 Å². The van der Waals surface area contributed by atoms with Crippen LogP contribution in [-0.4, -0.2) is 40.5 Å². The average Bonchev–Trinajstić information content (AvgIpc) is 3.16. The number of hydrogen-bond donors (Lipinski definition) is 2. The average molecular weight is 292 g/mol. The summed E-state index contributed by atoms with van der Waals surface area (Å²) in [6, 6.07) is 6.14. The standard InChI is InChI=1S/C13H11N3.C5H9N/c1-2-10-7-9(8-16-10)11-3-5-14-13-12(11)4-6-15-13;1-4-5-6(2)3/h2-8,16H,1H2,(H,14,15);1H,5H2,2-3H3. The van der Waals surface area contributed by atoms with Crippen molar-refractivity contribution in [1.82, 2.24) is 19.9 Å². The van der Waals surface area contributed by atoms with Gasteiger partial charge in [-0.25, -0.2) is 4.98 Å². The van der Waals surface area contributed by atoms with Crippen LogP contribution in [0.4, 0.5) is 0 Å². The number of nitrogens with one attached hydrogen (secondary N) is 2. The molecule has 0 aliphatic carbocycles. The predicted octanol–water partition coefficient (Wildman–Crippen LogP) is 3.38. The molecule has 2 N–H and O–H groups in total. The summed E-state index contributed by atoms with van der Waals surface area (Å²) in [7, 11) is 3.89. The molecule has 0 radical (unpaired) electrons. The summed E-state index contributed by atoms with van der Waals surface area (Å²) in [6.45, 7) is 4.48. The van der Waals surface area contributed by atoms with Gasteiger partial charge >= 0.3 is 0 Å². The number of aromatic nitrogens is 3. The molecule has 0 atom stereocenters. The minimum atomic E-state index is 0.736. The Hall–Kier alpha value is -2.77. The van der Waals surface area contributed by atoms with Gasteiger partial charge in [-0.3, -0.25) is 4.90 Å². The van der Waals surface area contributed by atoms with Crippen LogP contribution in [0.25, 0.3) is 28.2 Å². The molecule has 0 spiro atoms. The largest absolute Gasteiger partial charge is 0.361 e. The predicted molar refractivity (Wildman–Crippen MR) is 93.4 cm³/mol. The van der Waals surface area contributed by atoms with Crippen molar-refractivity contribution in [2.75, 3.05) is 20.6 Å². The van der Waals surface area contributed by atoms with Gasteiger partial charge in [0.25, 0.3) is 0 Å². The summed E-state index contributed by atoms with van der Waals surface area (Å²) in [6.07, 6.45) is 12.4. The Bertz CT molecular complexity index is 787. The number of fused-ring (bicyclic) bond motifs is 1. The summed E-state index contributed by atoms with van der Waals surface area (Å²) in [4.78, 5) is 12.5. The van der Waals surface area contributed by atoms with Gasteiger partial charge in [0.1, 0.15) is 5.65 Å². The maximum absolute atomic E-state index is 4.94. The summed E-state index contributed by atoms with van der Waals surface area (Å²) in [5.41, 5.74) is 4.27. The van der Waals surface area contributed by atoms with E-state index < -0.39 is 0 Å². The first-order chi connectivity index (χ1) is 10.7. The minimum Gasteiger partial charge on any atom is -0.361 e. The van der Waals surface area contributed by atoms with Gasteiger partial charge in [-0.15, -0.1) is 6.42 Å². The number of pyridine rings is 1. The third-order valence-corrected chi connectivity index (χ3v) is 3.10. The Labute approximate surface area is 130 Å². The molecule has 4 heteroatoms. The number of terminal acetylenes is 1. The molecule has 3 aromatic rings. The highest BCUT2D eigenvalue weighted by Crippen LogP contribution is 2.27. The second-order valence-corrected chi connectivity index (χ2v) is 5.09. The zero-order valence-electron chi connectivity index (χ0n) is 12.9. The maximum atomic E-state index is 4.94. The topological polar surface area (TPSA) is 47.7 Å². The lowest BCUT2D eigenvalue weighted by atomic mass is 10.1. The van der Waals surface area contributed by atoms with Crippen LogP contribution in [-0.2, 0) is 0 Å². The molecule has 22 heavy (non-hydrogen) atoms. The molecule has 0 saturated heterocycles. The third kappa shape index (κ3) is 3.66. The van der Waals surface area contributed by atoms with Crippen molar-refractivity contribution in [3.63, 3.8) is 0 Å². The molecule has 3 rings (SSSR count). The fourth-order valence-electron chi connectivity index (χ4n) is 2.08. The van der Waals surface area contributed by atoms with Crippen molar-refractivity contribution in [2.24, 2.45) is 0 Å². The van der Waals surface area contributed by atoms with E-state index in [-0.39, 0.29) is 0 Å². The summed E-state index contributed by atoms with van der Waals surface area (Å²) >= 11 is 0. The number of aromatic amines is 2. The van der Waals surface area contributed by atoms with Gasteiger partial charge in [0.15, 0.2) is 0 Å². The molecule has 0 unspecified atom stereocenters. The van der Waals surface area contributed by atoms with Crippen LogP contribution < -0.4 is 0 Å². The van der Waals surface area contributed by atoms with Crippen LogP contribution in [0.2, 0.25) is 0 Å². The van der Waals surface area contributed by atoms with E-state index in [1.807, 2.05) is 49.7 Å². The van der Waals surface area contributed by atoms with Crippen LogP contribution in [0.15, 0.2) is 43.4 Å². The van der Waals surface area contributed by atoms with E-state index in [1.165, 1.54) is 5.56 Å². The fraction of sp³-hybridized carbons (Fsp3) is 0.167. The first-order valence-corrected chi connectivity index (χ1v) is 6.97. The molecule has 4 nitrogen and oxygen atoms in total. The molecule has 0 bridgehead atoms. The van der Waals surface area contributed by atoms with Gasteiger partial charge < -0.3 is 9.97 Å². The van der Waals surface area contributed by atoms with E-state index in [2.05, 4.69) is 33.5 Å². The Kier molecular flexibility index (Phi) is 5.18. The smallest absolute Gasteiger partial charge is 0.137 e. The Morgan fingerprint density at radius 2 is 2.18 bits per heavy atom. The van der Waals surface area contributed by atoms with Crippen LogP contribution in [0, 0.1) is 12.3 Å². The monoisotopic (exact) mass is 292 g/mol. The molecule has 0 aliphatic heterocycles. The number of H-pyrrole nitrogens is 2. The fourth-order valence-corrected chi connectivity index (χ4v) is 2.08. The quantitative estimate of drug-likeness (QED) is 0.727. The highest BCUT2D eigenvalue weighted by molar-refractivity contribution is 5.93. The van der Waals surface area contributed by atoms with E-state index in [9.17, 15) is 0 Å². The van der Waals surface area contributed by atoms with Gasteiger partial charge in [-0.1, -0.05) is 12.5 Å². The van der Waals surface area contributed by atoms with E-state index in [4.69, 9.17) is 6.42 Å². The number of rotatable bonds is 3. The highest BCUT2D eigenvalue weighted by Gasteiger charge is 2.06. The van der Waals surface area contributed by atoms with E-state index >= 15 is 0 Å². The van der Waals surface area contributed by atoms with E-state index in [1.54, 1.807) is 6.08 Å². The molecule has 0 fully saturated rings. The molecular weight excluding hydrogens is 272 g/mol. The Morgan fingerprint density at radius 3 is 2.77 bits per heavy atom. The summed E-state index contributed by atoms with van der Waals surface area (Å²) < 4.78 is 0. The lowest BCUT2D eigenvalue weighted by molar-refractivity contribution is 0.464. The normalized spacial score (nSPS) is 10.1.